The molecule has 2 rings (SSSR count). The zero-order valence-corrected chi connectivity index (χ0v) is 13.5. The molecule has 1 N–H and O–H groups in total. The van der Waals surface area contributed by atoms with E-state index in [4.69, 9.17) is 4.74 Å². The van der Waals surface area contributed by atoms with Crippen molar-refractivity contribution in [2.45, 2.75) is 19.6 Å². The van der Waals surface area contributed by atoms with E-state index in [1.54, 1.807) is 41.8 Å². The lowest BCUT2D eigenvalue weighted by Gasteiger charge is -2.19. The number of Topliss-reactive ketones (excluding diaryl/α,β-unsaturated/α-hetero) is 1. The summed E-state index contributed by atoms with van der Waals surface area (Å²) in [6, 6.07) is 6.98. The molecule has 118 valence electrons. The van der Waals surface area contributed by atoms with Crippen LogP contribution in [0.2, 0.25) is 0 Å². The molecule has 5 nitrogen and oxygen atoms in total. The van der Waals surface area contributed by atoms with Gasteiger partial charge in [-0.15, -0.1) is 11.3 Å². The molecule has 22 heavy (non-hydrogen) atoms. The molecule has 0 fully saturated rings. The molecule has 0 amide bonds. The van der Waals surface area contributed by atoms with Crippen molar-refractivity contribution >= 4 is 17.1 Å². The molecular formula is C16H20N2O3S. The number of benzene rings is 1. The van der Waals surface area contributed by atoms with Gasteiger partial charge in [0.05, 0.1) is 6.54 Å². The van der Waals surface area contributed by atoms with Crippen molar-refractivity contribution in [2.75, 3.05) is 20.2 Å². The predicted molar refractivity (Wildman–Crippen MR) is 86.4 cm³/mol. The van der Waals surface area contributed by atoms with Crippen LogP contribution in [0.1, 0.15) is 22.3 Å². The molecule has 0 aliphatic carbocycles. The molecule has 1 heterocycles. The number of carbonyl (C=O) groups excluding carboxylic acids is 1. The number of carbonyl (C=O) groups is 1. The van der Waals surface area contributed by atoms with Crippen LogP contribution in [0.25, 0.3) is 0 Å². The van der Waals surface area contributed by atoms with Gasteiger partial charge in [-0.3, -0.25) is 9.69 Å². The normalized spacial score (nSPS) is 12.4. The lowest BCUT2D eigenvalue weighted by Crippen LogP contribution is -2.32. The predicted octanol–water partition coefficient (Wildman–Crippen LogP) is 2.22. The number of hydrogen-bond acceptors (Lipinski definition) is 6. The van der Waals surface area contributed by atoms with Crippen molar-refractivity contribution < 1.29 is 14.6 Å². The van der Waals surface area contributed by atoms with Crippen molar-refractivity contribution in [3.05, 3.63) is 46.4 Å². The summed E-state index contributed by atoms with van der Waals surface area (Å²) < 4.78 is 5.55. The van der Waals surface area contributed by atoms with Crippen molar-refractivity contribution in [3.63, 3.8) is 0 Å². The van der Waals surface area contributed by atoms with E-state index in [-0.39, 0.29) is 12.4 Å². The highest BCUT2D eigenvalue weighted by Crippen LogP contribution is 2.14. The summed E-state index contributed by atoms with van der Waals surface area (Å²) >= 11 is 1.60. The number of rotatable bonds is 8. The van der Waals surface area contributed by atoms with Gasteiger partial charge in [-0.25, -0.2) is 4.98 Å². The maximum atomic E-state index is 11.3. The summed E-state index contributed by atoms with van der Waals surface area (Å²) in [7, 11) is 1.93. The third-order valence-electron chi connectivity index (χ3n) is 3.09. The number of likely N-dealkylation sites (N-methyl/N-ethyl adjacent to an activating group) is 1. The van der Waals surface area contributed by atoms with Crippen molar-refractivity contribution in [3.8, 4) is 5.75 Å². The van der Waals surface area contributed by atoms with Crippen LogP contribution >= 0.6 is 11.3 Å². The topological polar surface area (TPSA) is 62.7 Å². The van der Waals surface area contributed by atoms with E-state index in [1.165, 1.54) is 6.92 Å². The SMILES string of the molecule is CC(=O)c1cccc(OCC(O)CN(C)Cc2nccs2)c1. The fourth-order valence-electron chi connectivity index (χ4n) is 2.04. The van der Waals surface area contributed by atoms with E-state index in [2.05, 4.69) is 4.98 Å². The molecule has 0 radical (unpaired) electrons. The Morgan fingerprint density at radius 2 is 2.32 bits per heavy atom. The van der Waals surface area contributed by atoms with E-state index < -0.39 is 6.10 Å². The summed E-state index contributed by atoms with van der Waals surface area (Å²) in [6.07, 6.45) is 1.17. The van der Waals surface area contributed by atoms with Gasteiger partial charge in [-0.05, 0) is 26.1 Å². The summed E-state index contributed by atoms with van der Waals surface area (Å²) in [6.45, 7) is 2.89. The molecular weight excluding hydrogens is 300 g/mol. The van der Waals surface area contributed by atoms with Gasteiger partial charge >= 0.3 is 0 Å². The molecule has 0 aliphatic rings. The highest BCUT2D eigenvalue weighted by molar-refractivity contribution is 7.09. The molecule has 0 saturated heterocycles. The average molecular weight is 320 g/mol. The molecule has 0 bridgehead atoms. The van der Waals surface area contributed by atoms with E-state index >= 15 is 0 Å². The second-order valence-corrected chi connectivity index (χ2v) is 6.15. The van der Waals surface area contributed by atoms with Gasteiger partial charge in [0.15, 0.2) is 5.78 Å². The summed E-state index contributed by atoms with van der Waals surface area (Å²) in [5.74, 6) is 0.587. The Morgan fingerprint density at radius 1 is 1.50 bits per heavy atom. The zero-order valence-electron chi connectivity index (χ0n) is 12.7. The Hall–Kier alpha value is -1.76. The lowest BCUT2D eigenvalue weighted by molar-refractivity contribution is 0.0743. The number of aliphatic hydroxyl groups excluding tert-OH is 1. The first-order valence-corrected chi connectivity index (χ1v) is 7.91. The van der Waals surface area contributed by atoms with Crippen LogP contribution in [-0.4, -0.2) is 47.1 Å². The minimum Gasteiger partial charge on any atom is -0.491 e. The second-order valence-electron chi connectivity index (χ2n) is 5.17. The average Bonchev–Trinajstić information content (AvgIpc) is 2.98. The van der Waals surface area contributed by atoms with Crippen LogP contribution in [0, 0.1) is 0 Å². The zero-order chi connectivity index (χ0) is 15.9. The number of hydrogen-bond donors (Lipinski definition) is 1. The van der Waals surface area contributed by atoms with Crippen LogP contribution in [0.15, 0.2) is 35.8 Å². The Bertz CT molecular complexity index is 601. The van der Waals surface area contributed by atoms with Crippen LogP contribution in [-0.2, 0) is 6.54 Å². The van der Waals surface area contributed by atoms with E-state index in [1.807, 2.05) is 17.3 Å². The number of nitrogens with zero attached hydrogens (tertiary/aromatic N) is 2. The number of ketones is 1. The first-order chi connectivity index (χ1) is 10.5. The van der Waals surface area contributed by atoms with E-state index in [0.717, 1.165) is 5.01 Å². The minimum absolute atomic E-state index is 0.00539. The third-order valence-corrected chi connectivity index (χ3v) is 3.86. The fraction of sp³-hybridized carbons (Fsp3) is 0.375. The Kier molecular flexibility index (Phi) is 6.06. The van der Waals surface area contributed by atoms with E-state index in [0.29, 0.717) is 24.4 Å². The smallest absolute Gasteiger partial charge is 0.159 e. The van der Waals surface area contributed by atoms with Gasteiger partial charge in [0.25, 0.3) is 0 Å². The van der Waals surface area contributed by atoms with Gasteiger partial charge in [-0.2, -0.15) is 0 Å². The quantitative estimate of drug-likeness (QED) is 0.756. The molecule has 0 aliphatic heterocycles. The highest BCUT2D eigenvalue weighted by atomic mass is 32.1. The maximum Gasteiger partial charge on any atom is 0.159 e. The summed E-state index contributed by atoms with van der Waals surface area (Å²) in [4.78, 5) is 17.5. The van der Waals surface area contributed by atoms with Gasteiger partial charge in [-0.1, -0.05) is 12.1 Å². The molecule has 0 spiro atoms. The Labute approximate surface area is 134 Å². The van der Waals surface area contributed by atoms with Gasteiger partial charge in [0, 0.05) is 23.7 Å². The Morgan fingerprint density at radius 3 is 3.00 bits per heavy atom. The van der Waals surface area contributed by atoms with E-state index in [9.17, 15) is 9.90 Å². The van der Waals surface area contributed by atoms with Crippen LogP contribution < -0.4 is 4.74 Å². The highest BCUT2D eigenvalue weighted by Gasteiger charge is 2.11. The van der Waals surface area contributed by atoms with Gasteiger partial charge < -0.3 is 9.84 Å². The first-order valence-electron chi connectivity index (χ1n) is 7.03. The molecule has 2 aromatic rings. The molecule has 1 aromatic carbocycles. The van der Waals surface area contributed by atoms with Crippen LogP contribution in [0.3, 0.4) is 0 Å². The maximum absolute atomic E-state index is 11.3. The monoisotopic (exact) mass is 320 g/mol. The number of aromatic nitrogens is 1. The fourth-order valence-corrected chi connectivity index (χ4v) is 2.73. The number of aliphatic hydroxyl groups is 1. The summed E-state index contributed by atoms with van der Waals surface area (Å²) in [5.41, 5.74) is 0.605. The van der Waals surface area contributed by atoms with Crippen molar-refractivity contribution in [1.29, 1.82) is 0 Å². The molecule has 1 atom stereocenters. The van der Waals surface area contributed by atoms with Gasteiger partial charge in [0.2, 0.25) is 0 Å². The molecule has 1 unspecified atom stereocenters. The Balaban J connectivity index is 1.78. The molecule has 6 heteroatoms. The molecule has 0 saturated carbocycles. The van der Waals surface area contributed by atoms with Crippen molar-refractivity contribution in [2.24, 2.45) is 0 Å². The third kappa shape index (κ3) is 5.22. The minimum atomic E-state index is -0.606. The van der Waals surface area contributed by atoms with Crippen LogP contribution in [0.4, 0.5) is 0 Å². The number of thiazole rings is 1. The lowest BCUT2D eigenvalue weighted by atomic mass is 10.1. The first kappa shape index (κ1) is 16.6. The second kappa shape index (κ2) is 8.03. The van der Waals surface area contributed by atoms with Crippen LogP contribution in [0.5, 0.6) is 5.75 Å². The standard InChI is InChI=1S/C16H20N2O3S/c1-12(19)13-4-3-5-15(8-13)21-11-14(20)9-18(2)10-16-17-6-7-22-16/h3-8,14,20H,9-11H2,1-2H3. The summed E-state index contributed by atoms with van der Waals surface area (Å²) in [5, 5.41) is 13.0. The number of ether oxygens (including phenoxy) is 1. The largest absolute Gasteiger partial charge is 0.491 e. The van der Waals surface area contributed by atoms with Gasteiger partial charge in [0.1, 0.15) is 23.5 Å². The molecule has 1 aromatic heterocycles. The van der Waals surface area contributed by atoms with Crippen molar-refractivity contribution in [1.82, 2.24) is 9.88 Å².